The van der Waals surface area contributed by atoms with Crippen LogP contribution in [0.4, 0.5) is 5.69 Å². The quantitative estimate of drug-likeness (QED) is 0.440. The number of nitro benzene ring substituents is 1. The van der Waals surface area contributed by atoms with E-state index < -0.39 is 28.4 Å². The first-order chi connectivity index (χ1) is 13.5. The number of para-hydroxylation sites is 2. The first kappa shape index (κ1) is 19.0. The van der Waals surface area contributed by atoms with E-state index in [1.54, 1.807) is 31.2 Å². The number of amides is 1. The first-order valence-corrected chi connectivity index (χ1v) is 8.35. The van der Waals surface area contributed by atoms with Crippen LogP contribution in [0, 0.1) is 10.1 Å². The number of hydrazone groups is 1. The maximum absolute atomic E-state index is 12.2. The van der Waals surface area contributed by atoms with E-state index in [1.165, 1.54) is 12.3 Å². The van der Waals surface area contributed by atoms with Gasteiger partial charge in [-0.1, -0.05) is 12.1 Å². The minimum atomic E-state index is -0.889. The van der Waals surface area contributed by atoms with Gasteiger partial charge in [0.1, 0.15) is 6.61 Å². The van der Waals surface area contributed by atoms with Gasteiger partial charge in [-0.25, -0.2) is 5.43 Å². The maximum atomic E-state index is 12.2. The van der Waals surface area contributed by atoms with E-state index in [9.17, 15) is 20.0 Å². The van der Waals surface area contributed by atoms with Gasteiger partial charge in [0.05, 0.1) is 17.7 Å². The van der Waals surface area contributed by atoms with Gasteiger partial charge in [-0.05, 0) is 25.1 Å². The molecule has 2 N–H and O–H groups in total. The fourth-order valence-electron chi connectivity index (χ4n) is 2.48. The van der Waals surface area contributed by atoms with Crippen molar-refractivity contribution in [1.82, 2.24) is 5.43 Å². The fraction of sp³-hybridized carbons (Fsp3) is 0.222. The summed E-state index contributed by atoms with van der Waals surface area (Å²) in [4.78, 5) is 22.5. The number of phenolic OH excluding ortho intramolecular Hbond substituents is 1. The molecule has 10 heteroatoms. The average Bonchev–Trinajstić information content (AvgIpc) is 2.69. The van der Waals surface area contributed by atoms with Crippen LogP contribution >= 0.6 is 0 Å². The van der Waals surface area contributed by atoms with Gasteiger partial charge in [0, 0.05) is 11.6 Å². The van der Waals surface area contributed by atoms with Crippen molar-refractivity contribution in [2.24, 2.45) is 5.10 Å². The second kappa shape index (κ2) is 8.25. The van der Waals surface area contributed by atoms with Crippen molar-refractivity contribution in [2.45, 2.75) is 13.0 Å². The molecule has 0 bridgehead atoms. The summed E-state index contributed by atoms with van der Waals surface area (Å²) in [5, 5.41) is 24.7. The second-order valence-corrected chi connectivity index (χ2v) is 5.68. The molecule has 146 valence electrons. The van der Waals surface area contributed by atoms with Crippen molar-refractivity contribution in [3.8, 4) is 23.0 Å². The van der Waals surface area contributed by atoms with Crippen molar-refractivity contribution in [3.63, 3.8) is 0 Å². The number of fused-ring (bicyclic) bond motifs is 1. The van der Waals surface area contributed by atoms with Gasteiger partial charge in [-0.2, -0.15) is 5.10 Å². The lowest BCUT2D eigenvalue weighted by Crippen LogP contribution is -2.42. The monoisotopic (exact) mass is 387 g/mol. The molecule has 1 aliphatic heterocycles. The van der Waals surface area contributed by atoms with E-state index in [0.29, 0.717) is 11.5 Å². The Bertz CT molecular complexity index is 929. The Morgan fingerprint density at radius 3 is 2.89 bits per heavy atom. The average molecular weight is 387 g/mol. The Hall–Kier alpha value is -3.82. The molecule has 0 fully saturated rings. The second-order valence-electron chi connectivity index (χ2n) is 5.68. The van der Waals surface area contributed by atoms with Crippen molar-refractivity contribution in [3.05, 3.63) is 52.1 Å². The van der Waals surface area contributed by atoms with E-state index in [0.717, 1.165) is 6.07 Å². The molecule has 2 aromatic rings. The molecule has 1 atom stereocenters. The molecule has 28 heavy (non-hydrogen) atoms. The highest BCUT2D eigenvalue weighted by atomic mass is 16.6. The molecule has 2 aromatic carbocycles. The van der Waals surface area contributed by atoms with Crippen LogP contribution in [-0.4, -0.2) is 41.5 Å². The van der Waals surface area contributed by atoms with Crippen LogP contribution in [-0.2, 0) is 4.79 Å². The van der Waals surface area contributed by atoms with E-state index in [1.807, 2.05) is 0 Å². The van der Waals surface area contributed by atoms with E-state index in [-0.39, 0.29) is 24.5 Å². The van der Waals surface area contributed by atoms with Gasteiger partial charge >= 0.3 is 5.69 Å². The normalized spacial score (nSPS) is 15.2. The van der Waals surface area contributed by atoms with Crippen molar-refractivity contribution >= 4 is 17.8 Å². The molecule has 0 aromatic heterocycles. The molecule has 10 nitrogen and oxygen atoms in total. The molecule has 1 heterocycles. The molecule has 3 rings (SSSR count). The van der Waals surface area contributed by atoms with Crippen LogP contribution in [0.25, 0.3) is 0 Å². The number of rotatable bonds is 6. The Kier molecular flexibility index (Phi) is 5.58. The van der Waals surface area contributed by atoms with Crippen LogP contribution in [0.5, 0.6) is 23.0 Å². The summed E-state index contributed by atoms with van der Waals surface area (Å²) in [5.41, 5.74) is 2.03. The van der Waals surface area contributed by atoms with Crippen LogP contribution in [0.3, 0.4) is 0 Å². The summed E-state index contributed by atoms with van der Waals surface area (Å²) in [5.74, 6) is -0.156. The molecule has 1 amide bonds. The summed E-state index contributed by atoms with van der Waals surface area (Å²) in [6.07, 6.45) is 0.310. The molecule has 0 saturated carbocycles. The zero-order valence-corrected chi connectivity index (χ0v) is 14.8. The van der Waals surface area contributed by atoms with Gasteiger partial charge in [0.15, 0.2) is 17.2 Å². The number of hydrogen-bond donors (Lipinski definition) is 2. The third-order valence-corrected chi connectivity index (χ3v) is 3.76. The SMILES string of the molecule is CCOc1cc(/C=N\NC(=O)[C@H]2COc3ccccc3O2)cc([N+](=O)[O-])c1O. The zero-order valence-electron chi connectivity index (χ0n) is 14.8. The number of nitrogens with one attached hydrogen (secondary N) is 1. The van der Waals surface area contributed by atoms with Crippen molar-refractivity contribution in [1.29, 1.82) is 0 Å². The molecular weight excluding hydrogens is 370 g/mol. The number of carbonyl (C=O) groups is 1. The predicted molar refractivity (Wildman–Crippen MR) is 98.0 cm³/mol. The minimum Gasteiger partial charge on any atom is -0.500 e. The number of ether oxygens (including phenoxy) is 3. The van der Waals surface area contributed by atoms with E-state index >= 15 is 0 Å². The number of aromatic hydroxyl groups is 1. The number of nitrogens with zero attached hydrogens (tertiary/aromatic N) is 2. The number of nitro groups is 1. The Labute approximate surface area is 159 Å². The maximum Gasteiger partial charge on any atom is 0.315 e. The van der Waals surface area contributed by atoms with Gasteiger partial charge in [-0.15, -0.1) is 0 Å². The lowest BCUT2D eigenvalue weighted by Gasteiger charge is -2.24. The molecular formula is C18H17N3O7. The van der Waals surface area contributed by atoms with Crippen LogP contribution in [0.2, 0.25) is 0 Å². The number of hydrogen-bond acceptors (Lipinski definition) is 8. The third kappa shape index (κ3) is 4.11. The first-order valence-electron chi connectivity index (χ1n) is 8.35. The lowest BCUT2D eigenvalue weighted by atomic mass is 10.2. The van der Waals surface area contributed by atoms with E-state index in [2.05, 4.69) is 10.5 Å². The standard InChI is InChI=1S/C18H17N3O7/c1-2-26-15-8-11(7-12(17(15)22)21(24)25)9-19-20-18(23)16-10-27-13-5-3-4-6-14(13)28-16/h3-9,16,22H,2,10H2,1H3,(H,20,23)/b19-9-/t16-/m1/s1. The predicted octanol–water partition coefficient (Wildman–Crippen LogP) is 1.99. The Morgan fingerprint density at radius 1 is 1.43 bits per heavy atom. The van der Waals surface area contributed by atoms with Crippen LogP contribution in [0.1, 0.15) is 12.5 Å². The molecule has 0 unspecified atom stereocenters. The van der Waals surface area contributed by atoms with Gasteiger partial charge < -0.3 is 19.3 Å². The highest BCUT2D eigenvalue weighted by Crippen LogP contribution is 2.36. The number of carbonyl (C=O) groups excluding carboxylic acids is 1. The highest BCUT2D eigenvalue weighted by Gasteiger charge is 2.27. The smallest absolute Gasteiger partial charge is 0.315 e. The molecule has 0 aliphatic carbocycles. The summed E-state index contributed by atoms with van der Waals surface area (Å²) >= 11 is 0. The van der Waals surface area contributed by atoms with Crippen molar-refractivity contribution in [2.75, 3.05) is 13.2 Å². The highest BCUT2D eigenvalue weighted by molar-refractivity contribution is 5.86. The van der Waals surface area contributed by atoms with Crippen LogP contribution in [0.15, 0.2) is 41.5 Å². The fourth-order valence-corrected chi connectivity index (χ4v) is 2.48. The Balaban J connectivity index is 1.69. The minimum absolute atomic E-state index is 0.0253. The zero-order chi connectivity index (χ0) is 20.1. The van der Waals surface area contributed by atoms with Gasteiger partial charge in [-0.3, -0.25) is 14.9 Å². The number of benzene rings is 2. The lowest BCUT2D eigenvalue weighted by molar-refractivity contribution is -0.386. The summed E-state index contributed by atoms with van der Waals surface area (Å²) in [6.45, 7) is 1.91. The number of phenols is 1. The molecule has 0 radical (unpaired) electrons. The largest absolute Gasteiger partial charge is 0.500 e. The van der Waals surface area contributed by atoms with Crippen LogP contribution < -0.4 is 19.6 Å². The van der Waals surface area contributed by atoms with E-state index in [4.69, 9.17) is 14.2 Å². The Morgan fingerprint density at radius 2 is 2.18 bits per heavy atom. The summed E-state index contributed by atoms with van der Waals surface area (Å²) in [7, 11) is 0. The summed E-state index contributed by atoms with van der Waals surface area (Å²) in [6, 6.07) is 9.45. The molecule has 1 aliphatic rings. The van der Waals surface area contributed by atoms with Gasteiger partial charge in [0.25, 0.3) is 5.91 Å². The third-order valence-electron chi connectivity index (χ3n) is 3.76. The molecule has 0 saturated heterocycles. The van der Waals surface area contributed by atoms with Crippen molar-refractivity contribution < 1.29 is 29.0 Å². The topological polar surface area (TPSA) is 133 Å². The van der Waals surface area contributed by atoms with Gasteiger partial charge in [0.2, 0.25) is 11.9 Å². The molecule has 0 spiro atoms. The summed E-state index contributed by atoms with van der Waals surface area (Å²) < 4.78 is 16.2.